The highest BCUT2D eigenvalue weighted by Gasteiger charge is 2.20. The second-order valence-electron chi connectivity index (χ2n) is 2.72. The number of rotatable bonds is 6. The standard InChI is InChI=1S/C10H16O3/c1-4-8(3)9(6-7-11)10(12)13-5-2/h7,9H,3-6H2,1-2H3. The van der Waals surface area contributed by atoms with Crippen molar-refractivity contribution in [3.8, 4) is 0 Å². The van der Waals surface area contributed by atoms with Gasteiger partial charge in [-0.2, -0.15) is 0 Å². The van der Waals surface area contributed by atoms with Crippen molar-refractivity contribution >= 4 is 12.3 Å². The Kier molecular flexibility index (Phi) is 5.85. The zero-order chi connectivity index (χ0) is 10.3. The molecule has 1 atom stereocenters. The van der Waals surface area contributed by atoms with Gasteiger partial charge in [-0.15, -0.1) is 0 Å². The molecule has 0 N–H and O–H groups in total. The average molecular weight is 184 g/mol. The zero-order valence-corrected chi connectivity index (χ0v) is 8.21. The Bertz CT molecular complexity index is 196. The van der Waals surface area contributed by atoms with Gasteiger partial charge in [0, 0.05) is 6.42 Å². The Morgan fingerprint density at radius 3 is 2.54 bits per heavy atom. The van der Waals surface area contributed by atoms with Gasteiger partial charge in [0.2, 0.25) is 0 Å². The van der Waals surface area contributed by atoms with Crippen molar-refractivity contribution in [2.45, 2.75) is 26.7 Å². The average Bonchev–Trinajstić information content (AvgIpc) is 2.13. The van der Waals surface area contributed by atoms with E-state index < -0.39 is 5.92 Å². The Balaban J connectivity index is 4.30. The van der Waals surface area contributed by atoms with Crippen molar-refractivity contribution in [3.05, 3.63) is 12.2 Å². The first-order valence-electron chi connectivity index (χ1n) is 4.45. The van der Waals surface area contributed by atoms with Crippen LogP contribution in [0.1, 0.15) is 26.7 Å². The van der Waals surface area contributed by atoms with Gasteiger partial charge in [-0.25, -0.2) is 0 Å². The lowest BCUT2D eigenvalue weighted by Crippen LogP contribution is -2.19. The molecule has 3 heteroatoms. The van der Waals surface area contributed by atoms with E-state index in [2.05, 4.69) is 6.58 Å². The predicted octanol–water partition coefficient (Wildman–Crippen LogP) is 1.72. The fourth-order valence-electron chi connectivity index (χ4n) is 1.02. The maximum atomic E-state index is 11.3. The lowest BCUT2D eigenvalue weighted by atomic mass is 9.96. The molecule has 0 amide bonds. The van der Waals surface area contributed by atoms with Crippen molar-refractivity contribution in [3.63, 3.8) is 0 Å². The molecule has 0 radical (unpaired) electrons. The smallest absolute Gasteiger partial charge is 0.313 e. The summed E-state index contributed by atoms with van der Waals surface area (Å²) in [4.78, 5) is 21.6. The van der Waals surface area contributed by atoms with E-state index in [-0.39, 0.29) is 12.4 Å². The monoisotopic (exact) mass is 184 g/mol. The van der Waals surface area contributed by atoms with Crippen LogP contribution in [0.25, 0.3) is 0 Å². The third-order valence-corrected chi connectivity index (χ3v) is 1.85. The quantitative estimate of drug-likeness (QED) is 0.358. The SMILES string of the molecule is C=C(CC)C(CC=O)C(=O)OCC. The first kappa shape index (κ1) is 11.9. The molecule has 0 saturated carbocycles. The Hall–Kier alpha value is -1.12. The second kappa shape index (κ2) is 6.40. The third-order valence-electron chi connectivity index (χ3n) is 1.85. The molecule has 0 fully saturated rings. The van der Waals surface area contributed by atoms with Crippen molar-refractivity contribution in [1.82, 2.24) is 0 Å². The van der Waals surface area contributed by atoms with Gasteiger partial charge in [-0.1, -0.05) is 19.1 Å². The van der Waals surface area contributed by atoms with Crippen molar-refractivity contribution < 1.29 is 14.3 Å². The van der Waals surface area contributed by atoms with Crippen LogP contribution in [0.2, 0.25) is 0 Å². The van der Waals surface area contributed by atoms with E-state index in [0.717, 1.165) is 11.9 Å². The molecule has 13 heavy (non-hydrogen) atoms. The molecule has 0 aliphatic heterocycles. The van der Waals surface area contributed by atoms with Crippen LogP contribution in [0.15, 0.2) is 12.2 Å². The van der Waals surface area contributed by atoms with Crippen LogP contribution in [0, 0.1) is 5.92 Å². The van der Waals surface area contributed by atoms with E-state index in [1.54, 1.807) is 6.92 Å². The summed E-state index contributed by atoms with van der Waals surface area (Å²) >= 11 is 0. The van der Waals surface area contributed by atoms with Crippen LogP contribution < -0.4 is 0 Å². The summed E-state index contributed by atoms with van der Waals surface area (Å²) in [6.07, 6.45) is 1.59. The summed E-state index contributed by atoms with van der Waals surface area (Å²) in [5, 5.41) is 0. The number of ether oxygens (including phenoxy) is 1. The highest BCUT2D eigenvalue weighted by molar-refractivity contribution is 5.78. The van der Waals surface area contributed by atoms with Crippen molar-refractivity contribution in [2.75, 3.05) is 6.61 Å². The maximum Gasteiger partial charge on any atom is 0.313 e. The zero-order valence-electron chi connectivity index (χ0n) is 8.21. The maximum absolute atomic E-state index is 11.3. The molecule has 3 nitrogen and oxygen atoms in total. The lowest BCUT2D eigenvalue weighted by Gasteiger charge is -2.13. The molecule has 0 aromatic rings. The summed E-state index contributed by atoms with van der Waals surface area (Å²) in [7, 11) is 0. The minimum atomic E-state index is -0.456. The molecule has 0 aromatic carbocycles. The van der Waals surface area contributed by atoms with Gasteiger partial charge in [-0.3, -0.25) is 4.79 Å². The molecule has 0 heterocycles. The van der Waals surface area contributed by atoms with Crippen LogP contribution in [-0.4, -0.2) is 18.9 Å². The second-order valence-corrected chi connectivity index (χ2v) is 2.72. The van der Waals surface area contributed by atoms with Gasteiger partial charge >= 0.3 is 5.97 Å². The van der Waals surface area contributed by atoms with Crippen LogP contribution in [0.3, 0.4) is 0 Å². The number of hydrogen-bond donors (Lipinski definition) is 0. The molecule has 0 bridgehead atoms. The van der Waals surface area contributed by atoms with E-state index in [4.69, 9.17) is 4.74 Å². The molecule has 0 saturated heterocycles. The Labute approximate surface area is 78.8 Å². The number of carbonyl (C=O) groups is 2. The highest BCUT2D eigenvalue weighted by atomic mass is 16.5. The number of hydrogen-bond acceptors (Lipinski definition) is 3. The molecule has 0 rings (SSSR count). The van der Waals surface area contributed by atoms with Crippen LogP contribution in [0.4, 0.5) is 0 Å². The van der Waals surface area contributed by atoms with Gasteiger partial charge in [-0.05, 0) is 13.3 Å². The van der Waals surface area contributed by atoms with Gasteiger partial charge in [0.25, 0.3) is 0 Å². The summed E-state index contributed by atoms with van der Waals surface area (Å²) in [6, 6.07) is 0. The van der Waals surface area contributed by atoms with E-state index in [0.29, 0.717) is 13.0 Å². The number of aldehydes is 1. The van der Waals surface area contributed by atoms with E-state index in [1.807, 2.05) is 6.92 Å². The topological polar surface area (TPSA) is 43.4 Å². The fourth-order valence-corrected chi connectivity index (χ4v) is 1.02. The van der Waals surface area contributed by atoms with Crippen molar-refractivity contribution in [1.29, 1.82) is 0 Å². The van der Waals surface area contributed by atoms with Crippen molar-refractivity contribution in [2.24, 2.45) is 5.92 Å². The fraction of sp³-hybridized carbons (Fsp3) is 0.600. The lowest BCUT2D eigenvalue weighted by molar-refractivity contribution is -0.147. The van der Waals surface area contributed by atoms with E-state index in [1.165, 1.54) is 0 Å². The summed E-state index contributed by atoms with van der Waals surface area (Å²) in [5.41, 5.74) is 0.755. The molecule has 1 unspecified atom stereocenters. The Morgan fingerprint density at radius 2 is 2.15 bits per heavy atom. The normalized spacial score (nSPS) is 11.8. The molecule has 0 aliphatic rings. The first-order chi connectivity index (χ1) is 6.17. The molecule has 0 spiro atoms. The molecular weight excluding hydrogens is 168 g/mol. The predicted molar refractivity (Wildman–Crippen MR) is 50.2 cm³/mol. The summed E-state index contributed by atoms with van der Waals surface area (Å²) in [6.45, 7) is 7.72. The van der Waals surface area contributed by atoms with Gasteiger partial charge < -0.3 is 9.53 Å². The van der Waals surface area contributed by atoms with Crippen LogP contribution in [-0.2, 0) is 14.3 Å². The van der Waals surface area contributed by atoms with Gasteiger partial charge in [0.1, 0.15) is 6.29 Å². The largest absolute Gasteiger partial charge is 0.466 e. The van der Waals surface area contributed by atoms with E-state index >= 15 is 0 Å². The molecule has 74 valence electrons. The summed E-state index contributed by atoms with van der Waals surface area (Å²) in [5.74, 6) is -0.802. The number of carbonyl (C=O) groups excluding carboxylic acids is 2. The van der Waals surface area contributed by atoms with Gasteiger partial charge in [0.05, 0.1) is 12.5 Å². The van der Waals surface area contributed by atoms with Crippen LogP contribution in [0.5, 0.6) is 0 Å². The van der Waals surface area contributed by atoms with E-state index in [9.17, 15) is 9.59 Å². The highest BCUT2D eigenvalue weighted by Crippen LogP contribution is 2.17. The molecule has 0 aromatic heterocycles. The number of esters is 1. The molecule has 0 aliphatic carbocycles. The Morgan fingerprint density at radius 1 is 1.54 bits per heavy atom. The molecular formula is C10H16O3. The third kappa shape index (κ3) is 3.87. The minimum absolute atomic E-state index is 0.172. The summed E-state index contributed by atoms with van der Waals surface area (Å²) < 4.78 is 4.82. The minimum Gasteiger partial charge on any atom is -0.466 e. The van der Waals surface area contributed by atoms with Crippen LogP contribution >= 0.6 is 0 Å². The van der Waals surface area contributed by atoms with Gasteiger partial charge in [0.15, 0.2) is 0 Å². The first-order valence-corrected chi connectivity index (χ1v) is 4.45.